The topological polar surface area (TPSA) is 61.3 Å². The molecule has 0 amide bonds. The van der Waals surface area contributed by atoms with Crippen molar-refractivity contribution < 1.29 is 4.43 Å². The van der Waals surface area contributed by atoms with Gasteiger partial charge in [0, 0.05) is 18.5 Å². The molecule has 0 aliphatic carbocycles. The molecule has 0 unspecified atom stereocenters. The van der Waals surface area contributed by atoms with Gasteiger partial charge < -0.3 is 15.9 Å². The van der Waals surface area contributed by atoms with E-state index in [2.05, 4.69) is 6.55 Å². The van der Waals surface area contributed by atoms with Gasteiger partial charge >= 0.3 is 0 Å². The van der Waals surface area contributed by atoms with Crippen molar-refractivity contribution in [3.05, 3.63) is 48.5 Å². The van der Waals surface area contributed by atoms with E-state index in [1.165, 1.54) is 10.4 Å². The third-order valence-corrected chi connectivity index (χ3v) is 7.02. The first-order valence-corrected chi connectivity index (χ1v) is 8.24. The van der Waals surface area contributed by atoms with E-state index in [4.69, 9.17) is 15.9 Å². The first-order chi connectivity index (χ1) is 8.56. The number of hydrogen-bond donors (Lipinski definition) is 2. The third-order valence-electron chi connectivity index (χ3n) is 3.33. The van der Waals surface area contributed by atoms with Crippen LogP contribution in [-0.4, -0.2) is 15.4 Å². The van der Waals surface area contributed by atoms with Crippen LogP contribution in [0.25, 0.3) is 0 Å². The van der Waals surface area contributed by atoms with Gasteiger partial charge in [-0.3, -0.25) is 0 Å². The molecule has 94 valence electrons. The Labute approximate surface area is 109 Å². The minimum absolute atomic E-state index is 0.767. The summed E-state index contributed by atoms with van der Waals surface area (Å²) in [5.74, 6) is 0. The van der Waals surface area contributed by atoms with Crippen LogP contribution in [0.1, 0.15) is 0 Å². The molecule has 3 nitrogen and oxygen atoms in total. The van der Waals surface area contributed by atoms with Crippen molar-refractivity contribution in [2.75, 3.05) is 18.6 Å². The summed E-state index contributed by atoms with van der Waals surface area (Å²) in [6.45, 7) is 2.17. The van der Waals surface area contributed by atoms with Gasteiger partial charge in [-0.15, -0.1) is 0 Å². The third kappa shape index (κ3) is 2.25. The summed E-state index contributed by atoms with van der Waals surface area (Å²) >= 11 is 0. The van der Waals surface area contributed by atoms with Crippen LogP contribution in [0, 0.1) is 0 Å². The van der Waals surface area contributed by atoms with E-state index in [0.717, 1.165) is 11.4 Å². The Kier molecular flexibility index (Phi) is 3.40. The predicted octanol–water partition coefficient (Wildman–Crippen LogP) is 1.19. The quantitative estimate of drug-likeness (QED) is 0.642. The summed E-state index contributed by atoms with van der Waals surface area (Å²) in [7, 11) is -0.370. The lowest BCUT2D eigenvalue weighted by atomic mass is 10.3. The van der Waals surface area contributed by atoms with Gasteiger partial charge in [0.1, 0.15) is 0 Å². The molecular weight excluding hydrogens is 240 g/mol. The van der Waals surface area contributed by atoms with Crippen molar-refractivity contribution in [1.82, 2.24) is 0 Å². The highest BCUT2D eigenvalue weighted by molar-refractivity contribution is 6.96. The number of nitrogen functional groups attached to an aromatic ring is 2. The van der Waals surface area contributed by atoms with E-state index in [1.807, 2.05) is 48.5 Å². The minimum atomic E-state index is -2.13. The molecule has 0 fully saturated rings. The fourth-order valence-electron chi connectivity index (χ4n) is 2.00. The summed E-state index contributed by atoms with van der Waals surface area (Å²) in [5.41, 5.74) is 13.0. The maximum Gasteiger partial charge on any atom is 0.252 e. The van der Waals surface area contributed by atoms with Gasteiger partial charge in [0.2, 0.25) is 0 Å². The first kappa shape index (κ1) is 12.7. The van der Waals surface area contributed by atoms with Crippen molar-refractivity contribution in [2.24, 2.45) is 0 Å². The van der Waals surface area contributed by atoms with Crippen LogP contribution >= 0.6 is 0 Å². The van der Waals surface area contributed by atoms with E-state index in [0.29, 0.717) is 0 Å². The predicted molar refractivity (Wildman–Crippen MR) is 79.6 cm³/mol. The van der Waals surface area contributed by atoms with Crippen LogP contribution in [0.15, 0.2) is 48.5 Å². The molecule has 0 atom stereocenters. The molecule has 0 saturated carbocycles. The van der Waals surface area contributed by atoms with E-state index in [1.54, 1.807) is 7.11 Å². The summed E-state index contributed by atoms with van der Waals surface area (Å²) in [6.07, 6.45) is 0. The fourth-order valence-corrected chi connectivity index (χ4v) is 4.41. The van der Waals surface area contributed by atoms with Crippen LogP contribution < -0.4 is 21.8 Å². The lowest BCUT2D eigenvalue weighted by molar-refractivity contribution is 0.421. The van der Waals surface area contributed by atoms with Gasteiger partial charge in [-0.1, -0.05) is 24.3 Å². The van der Waals surface area contributed by atoms with Gasteiger partial charge in [-0.25, -0.2) is 0 Å². The number of hydrogen-bond acceptors (Lipinski definition) is 3. The van der Waals surface area contributed by atoms with Crippen LogP contribution in [0.4, 0.5) is 11.4 Å². The molecule has 0 spiro atoms. The van der Waals surface area contributed by atoms with Crippen LogP contribution in [0.3, 0.4) is 0 Å². The molecular formula is C14H18N2OSi. The molecule has 4 heteroatoms. The summed E-state index contributed by atoms with van der Waals surface area (Å²) in [6, 6.07) is 15.8. The van der Waals surface area contributed by atoms with Gasteiger partial charge in [0.05, 0.1) is 0 Å². The largest absolute Gasteiger partial charge is 0.411 e. The number of nitrogens with two attached hydrogens (primary N) is 2. The van der Waals surface area contributed by atoms with Crippen molar-refractivity contribution in [1.29, 1.82) is 0 Å². The number of rotatable bonds is 3. The molecule has 0 bridgehead atoms. The highest BCUT2D eigenvalue weighted by Crippen LogP contribution is 2.09. The van der Waals surface area contributed by atoms with Crippen molar-refractivity contribution in [3.8, 4) is 0 Å². The molecule has 0 radical (unpaired) electrons. The smallest absolute Gasteiger partial charge is 0.252 e. The van der Waals surface area contributed by atoms with Gasteiger partial charge in [0.15, 0.2) is 0 Å². The fraction of sp³-hybridized carbons (Fsp3) is 0.143. The van der Waals surface area contributed by atoms with E-state index in [9.17, 15) is 0 Å². The number of anilines is 2. The van der Waals surface area contributed by atoms with E-state index >= 15 is 0 Å². The van der Waals surface area contributed by atoms with Crippen molar-refractivity contribution in [2.45, 2.75) is 6.55 Å². The van der Waals surface area contributed by atoms with Crippen LogP contribution in [-0.2, 0) is 4.43 Å². The van der Waals surface area contributed by atoms with Crippen molar-refractivity contribution in [3.63, 3.8) is 0 Å². The normalized spacial score (nSPS) is 11.4. The molecule has 0 aliphatic heterocycles. The highest BCUT2D eigenvalue weighted by atomic mass is 28.4. The molecule has 2 rings (SSSR count). The Morgan fingerprint density at radius 3 is 1.39 bits per heavy atom. The highest BCUT2D eigenvalue weighted by Gasteiger charge is 2.32. The Hall–Kier alpha value is -1.78. The average Bonchev–Trinajstić information content (AvgIpc) is 2.39. The Morgan fingerprint density at radius 1 is 0.778 bits per heavy atom. The molecule has 0 saturated heterocycles. The van der Waals surface area contributed by atoms with E-state index in [-0.39, 0.29) is 0 Å². The van der Waals surface area contributed by atoms with Gasteiger partial charge in [-0.05, 0) is 41.2 Å². The lowest BCUT2D eigenvalue weighted by Gasteiger charge is -2.26. The SMILES string of the molecule is CO[Si](C)(c1ccc(N)cc1)c1ccc(N)cc1. The second-order valence-corrected chi connectivity index (χ2v) is 8.11. The standard InChI is InChI=1S/C14H18N2OSi/c1-17-18(2,13-7-3-11(15)4-8-13)14-9-5-12(16)6-10-14/h3-10H,15-16H2,1-2H3. The second kappa shape index (κ2) is 4.84. The molecule has 0 heterocycles. The second-order valence-electron chi connectivity index (χ2n) is 4.48. The molecule has 2 aromatic carbocycles. The molecule has 0 aromatic heterocycles. The minimum Gasteiger partial charge on any atom is -0.411 e. The monoisotopic (exact) mass is 258 g/mol. The maximum absolute atomic E-state index is 5.85. The summed E-state index contributed by atoms with van der Waals surface area (Å²) < 4.78 is 5.85. The van der Waals surface area contributed by atoms with Crippen LogP contribution in [0.2, 0.25) is 6.55 Å². The zero-order valence-corrected chi connectivity index (χ0v) is 11.7. The zero-order chi connectivity index (χ0) is 13.2. The zero-order valence-electron chi connectivity index (χ0n) is 10.7. The Bertz CT molecular complexity index is 477. The van der Waals surface area contributed by atoms with Gasteiger partial charge in [-0.2, -0.15) is 0 Å². The average molecular weight is 258 g/mol. The maximum atomic E-state index is 5.85. The Balaban J connectivity index is 2.47. The molecule has 18 heavy (non-hydrogen) atoms. The lowest BCUT2D eigenvalue weighted by Crippen LogP contribution is -2.57. The molecule has 4 N–H and O–H groups in total. The van der Waals surface area contributed by atoms with Crippen molar-refractivity contribution >= 4 is 30.1 Å². The van der Waals surface area contributed by atoms with Crippen LogP contribution in [0.5, 0.6) is 0 Å². The van der Waals surface area contributed by atoms with Gasteiger partial charge in [0.25, 0.3) is 8.32 Å². The number of benzene rings is 2. The molecule has 2 aromatic rings. The Morgan fingerprint density at radius 2 is 1.11 bits per heavy atom. The van der Waals surface area contributed by atoms with E-state index < -0.39 is 8.32 Å². The first-order valence-electron chi connectivity index (χ1n) is 5.83. The summed E-state index contributed by atoms with van der Waals surface area (Å²) in [4.78, 5) is 0. The molecule has 0 aliphatic rings. The summed E-state index contributed by atoms with van der Waals surface area (Å²) in [5, 5.41) is 2.40.